The summed E-state index contributed by atoms with van der Waals surface area (Å²) in [6.45, 7) is 2.24. The van der Waals surface area contributed by atoms with Gasteiger partial charge in [-0.05, 0) is 61.6 Å². The van der Waals surface area contributed by atoms with Crippen molar-refractivity contribution in [1.29, 1.82) is 0 Å². The van der Waals surface area contributed by atoms with Crippen molar-refractivity contribution in [2.45, 2.75) is 6.92 Å². The van der Waals surface area contributed by atoms with E-state index in [-0.39, 0.29) is 0 Å². The molecule has 0 atom stereocenters. The summed E-state index contributed by atoms with van der Waals surface area (Å²) >= 11 is 0. The van der Waals surface area contributed by atoms with Gasteiger partial charge in [-0.15, -0.1) is 0 Å². The first kappa shape index (κ1) is 12.7. The molecule has 0 aliphatic rings. The summed E-state index contributed by atoms with van der Waals surface area (Å²) < 4.78 is 0. The summed E-state index contributed by atoms with van der Waals surface area (Å²) in [5.74, 6) is 0. The molecule has 0 aliphatic carbocycles. The van der Waals surface area contributed by atoms with Gasteiger partial charge in [0.1, 0.15) is 0 Å². The van der Waals surface area contributed by atoms with E-state index in [1.54, 1.807) is 0 Å². The average molecular weight is 292 g/mol. The van der Waals surface area contributed by atoms with E-state index in [9.17, 15) is 0 Å². The van der Waals surface area contributed by atoms with Crippen molar-refractivity contribution in [3.05, 3.63) is 84.4 Å². The minimum absolute atomic E-state index is 1.30. The molecule has 0 heteroatoms. The van der Waals surface area contributed by atoms with Gasteiger partial charge in [0, 0.05) is 0 Å². The first-order valence-corrected chi connectivity index (χ1v) is 8.05. The molecule has 0 saturated carbocycles. The van der Waals surface area contributed by atoms with Crippen LogP contribution in [0, 0.1) is 6.92 Å². The highest BCUT2D eigenvalue weighted by atomic mass is 14.1. The van der Waals surface area contributed by atoms with E-state index in [2.05, 4.69) is 85.8 Å². The highest BCUT2D eigenvalue weighted by molar-refractivity contribution is 6.19. The second kappa shape index (κ2) is 4.57. The minimum Gasteiger partial charge on any atom is -0.0616 e. The number of hydrogen-bond acceptors (Lipinski definition) is 0. The third-order valence-corrected chi connectivity index (χ3v) is 5.04. The lowest BCUT2D eigenvalue weighted by Gasteiger charge is -2.12. The first-order chi connectivity index (χ1) is 11.3. The minimum atomic E-state index is 1.30. The van der Waals surface area contributed by atoms with Crippen molar-refractivity contribution in [1.82, 2.24) is 0 Å². The molecule has 0 nitrogen and oxygen atoms in total. The highest BCUT2D eigenvalue weighted by Crippen LogP contribution is 2.35. The topological polar surface area (TPSA) is 0 Å². The Bertz CT molecular complexity index is 1120. The Labute approximate surface area is 135 Å². The van der Waals surface area contributed by atoms with Crippen LogP contribution in [0.15, 0.2) is 78.9 Å². The molecule has 0 saturated heterocycles. The number of fused-ring (bicyclic) bond motifs is 6. The van der Waals surface area contributed by atoms with Crippen molar-refractivity contribution in [3.8, 4) is 0 Å². The predicted octanol–water partition coefficient (Wildman–Crippen LogP) is 6.61. The van der Waals surface area contributed by atoms with Gasteiger partial charge in [-0.25, -0.2) is 0 Å². The Balaban J connectivity index is 2.10. The van der Waals surface area contributed by atoms with Gasteiger partial charge in [0.25, 0.3) is 0 Å². The lowest BCUT2D eigenvalue weighted by Crippen LogP contribution is -1.86. The van der Waals surface area contributed by atoms with Crippen LogP contribution in [0.3, 0.4) is 0 Å². The molecule has 0 spiro atoms. The van der Waals surface area contributed by atoms with E-state index in [1.165, 1.54) is 48.7 Å². The molecule has 5 rings (SSSR count). The standard InChI is InChI=1S/C23H16/c1-15-18-12-10-16-6-2-4-8-20(16)22(18)14-23-19(15)13-11-17-7-3-5-9-21(17)23/h2-14H,1H3. The van der Waals surface area contributed by atoms with Crippen LogP contribution in [0.2, 0.25) is 0 Å². The van der Waals surface area contributed by atoms with Crippen LogP contribution in [-0.4, -0.2) is 0 Å². The van der Waals surface area contributed by atoms with E-state index in [4.69, 9.17) is 0 Å². The quantitative estimate of drug-likeness (QED) is 0.222. The van der Waals surface area contributed by atoms with Gasteiger partial charge >= 0.3 is 0 Å². The van der Waals surface area contributed by atoms with Crippen molar-refractivity contribution in [2.75, 3.05) is 0 Å². The van der Waals surface area contributed by atoms with Crippen LogP contribution in [-0.2, 0) is 0 Å². The summed E-state index contributed by atoms with van der Waals surface area (Å²) in [5.41, 5.74) is 1.37. The van der Waals surface area contributed by atoms with Gasteiger partial charge < -0.3 is 0 Å². The second-order valence-electron chi connectivity index (χ2n) is 6.27. The molecule has 0 amide bonds. The molecule has 108 valence electrons. The zero-order valence-corrected chi connectivity index (χ0v) is 13.0. The van der Waals surface area contributed by atoms with Gasteiger partial charge in [0.2, 0.25) is 0 Å². The Hall–Kier alpha value is -2.86. The van der Waals surface area contributed by atoms with Crippen molar-refractivity contribution >= 4 is 43.1 Å². The third-order valence-electron chi connectivity index (χ3n) is 5.04. The van der Waals surface area contributed by atoms with Gasteiger partial charge in [-0.3, -0.25) is 0 Å². The number of hydrogen-bond donors (Lipinski definition) is 0. The smallest absolute Gasteiger partial charge is 0.00961 e. The highest BCUT2D eigenvalue weighted by Gasteiger charge is 2.09. The van der Waals surface area contributed by atoms with Crippen LogP contribution in [0.5, 0.6) is 0 Å². The van der Waals surface area contributed by atoms with E-state index in [1.807, 2.05) is 0 Å². The number of aryl methyl sites for hydroxylation is 1. The molecular formula is C23H16. The Morgan fingerprint density at radius 1 is 0.435 bits per heavy atom. The lowest BCUT2D eigenvalue weighted by atomic mass is 9.92. The summed E-state index contributed by atoms with van der Waals surface area (Å²) in [5, 5.41) is 10.7. The SMILES string of the molecule is Cc1c2ccc3ccccc3c2cc2c1ccc1ccccc12. The Morgan fingerprint density at radius 3 is 1.43 bits per heavy atom. The van der Waals surface area contributed by atoms with Crippen LogP contribution in [0.1, 0.15) is 5.56 Å². The monoisotopic (exact) mass is 292 g/mol. The molecular weight excluding hydrogens is 276 g/mol. The maximum atomic E-state index is 2.38. The fourth-order valence-corrected chi connectivity index (χ4v) is 3.85. The van der Waals surface area contributed by atoms with Crippen LogP contribution in [0.25, 0.3) is 43.1 Å². The molecule has 0 aromatic heterocycles. The van der Waals surface area contributed by atoms with E-state index < -0.39 is 0 Å². The van der Waals surface area contributed by atoms with E-state index in [0.717, 1.165) is 0 Å². The maximum absolute atomic E-state index is 2.38. The number of benzene rings is 5. The third kappa shape index (κ3) is 1.72. The summed E-state index contributed by atoms with van der Waals surface area (Å²) in [6.07, 6.45) is 0. The van der Waals surface area contributed by atoms with Gasteiger partial charge in [0.15, 0.2) is 0 Å². The predicted molar refractivity (Wildman–Crippen MR) is 101 cm³/mol. The van der Waals surface area contributed by atoms with Crippen LogP contribution >= 0.6 is 0 Å². The fraction of sp³-hybridized carbons (Fsp3) is 0.0435. The second-order valence-corrected chi connectivity index (χ2v) is 6.27. The zero-order valence-electron chi connectivity index (χ0n) is 13.0. The molecule has 23 heavy (non-hydrogen) atoms. The normalized spacial score (nSPS) is 11.7. The van der Waals surface area contributed by atoms with Crippen LogP contribution < -0.4 is 0 Å². The lowest BCUT2D eigenvalue weighted by molar-refractivity contribution is 1.60. The van der Waals surface area contributed by atoms with Crippen molar-refractivity contribution in [3.63, 3.8) is 0 Å². The molecule has 0 unspecified atom stereocenters. The van der Waals surface area contributed by atoms with Crippen molar-refractivity contribution < 1.29 is 0 Å². The summed E-state index contributed by atoms with van der Waals surface area (Å²) in [6, 6.07) is 28.7. The molecule has 5 aromatic rings. The largest absolute Gasteiger partial charge is 0.0616 e. The molecule has 0 N–H and O–H groups in total. The molecule has 0 fully saturated rings. The summed E-state index contributed by atoms with van der Waals surface area (Å²) in [4.78, 5) is 0. The molecule has 0 bridgehead atoms. The maximum Gasteiger partial charge on any atom is -0.00961 e. The molecule has 0 aliphatic heterocycles. The van der Waals surface area contributed by atoms with Gasteiger partial charge in [-0.1, -0.05) is 72.8 Å². The molecule has 0 heterocycles. The summed E-state index contributed by atoms with van der Waals surface area (Å²) in [7, 11) is 0. The van der Waals surface area contributed by atoms with E-state index in [0.29, 0.717) is 0 Å². The zero-order chi connectivity index (χ0) is 15.4. The molecule has 0 radical (unpaired) electrons. The molecule has 5 aromatic carbocycles. The number of rotatable bonds is 0. The van der Waals surface area contributed by atoms with Gasteiger partial charge in [-0.2, -0.15) is 0 Å². The fourth-order valence-electron chi connectivity index (χ4n) is 3.85. The van der Waals surface area contributed by atoms with Crippen molar-refractivity contribution in [2.24, 2.45) is 0 Å². The first-order valence-electron chi connectivity index (χ1n) is 8.05. The van der Waals surface area contributed by atoms with Gasteiger partial charge in [0.05, 0.1) is 0 Å². The average Bonchev–Trinajstić information content (AvgIpc) is 2.61. The Kier molecular flexibility index (Phi) is 2.51. The van der Waals surface area contributed by atoms with Crippen LogP contribution in [0.4, 0.5) is 0 Å². The van der Waals surface area contributed by atoms with E-state index >= 15 is 0 Å². The Morgan fingerprint density at radius 2 is 0.913 bits per heavy atom.